The number of benzene rings is 1. The normalized spacial score (nSPS) is 32.1. The van der Waals surface area contributed by atoms with Gasteiger partial charge in [-0.3, -0.25) is 4.79 Å². The van der Waals surface area contributed by atoms with E-state index in [1.165, 1.54) is 17.0 Å². The minimum absolute atomic E-state index is 0.0397. The Labute approximate surface area is 223 Å². The van der Waals surface area contributed by atoms with Crippen LogP contribution in [-0.2, 0) is 25.3 Å². The molecular weight excluding hydrogens is 493 g/mol. The van der Waals surface area contributed by atoms with Crippen molar-refractivity contribution in [1.82, 2.24) is 10.2 Å². The Morgan fingerprint density at radius 2 is 2.00 bits per heavy atom. The smallest absolute Gasteiger partial charge is 0.444 e. The number of hydrogen-bond donors (Lipinski definition) is 1. The molecule has 10 heteroatoms. The first-order valence-corrected chi connectivity index (χ1v) is 13.7. The Morgan fingerprint density at radius 3 is 2.68 bits per heavy atom. The third-order valence-corrected chi connectivity index (χ3v) is 9.43. The summed E-state index contributed by atoms with van der Waals surface area (Å²) in [6.07, 6.45) is 3.07. The Bertz CT molecular complexity index is 1090. The molecule has 2 aliphatic heterocycles. The first-order chi connectivity index (χ1) is 18.0. The predicted molar refractivity (Wildman–Crippen MR) is 138 cm³/mol. The number of halogens is 2. The largest absolute Gasteiger partial charge is 0.481 e. The number of alkyl carbamates (subject to hydrolysis) is 1. The van der Waals surface area contributed by atoms with Crippen molar-refractivity contribution in [3.63, 3.8) is 0 Å². The van der Waals surface area contributed by atoms with E-state index in [0.29, 0.717) is 44.1 Å². The number of likely N-dealkylation sites (tertiary alicyclic amines) is 1. The summed E-state index contributed by atoms with van der Waals surface area (Å²) in [5.74, 6) is -1.62. The quantitative estimate of drug-likeness (QED) is 0.412. The van der Waals surface area contributed by atoms with Gasteiger partial charge in [-0.15, -0.1) is 0 Å². The summed E-state index contributed by atoms with van der Waals surface area (Å²) in [7, 11) is -0.646. The van der Waals surface area contributed by atoms with Gasteiger partial charge in [-0.1, -0.05) is 32.6 Å². The fourth-order valence-electron chi connectivity index (χ4n) is 7.05. The van der Waals surface area contributed by atoms with Crippen molar-refractivity contribution >= 4 is 19.1 Å². The zero-order valence-corrected chi connectivity index (χ0v) is 22.4. The molecule has 38 heavy (non-hydrogen) atoms. The molecule has 0 aromatic heterocycles. The molecule has 6 rings (SSSR count). The molecular formula is C28H37BF2N2O5. The molecule has 1 N–H and O–H groups in total. The number of aryl methyl sites for hydroxylation is 1. The fourth-order valence-corrected chi connectivity index (χ4v) is 7.05. The zero-order valence-electron chi connectivity index (χ0n) is 22.4. The van der Waals surface area contributed by atoms with Gasteiger partial charge in [-0.2, -0.15) is 0 Å². The first-order valence-electron chi connectivity index (χ1n) is 13.7. The third kappa shape index (κ3) is 5.09. The highest BCUT2D eigenvalue weighted by molar-refractivity contribution is 6.47. The summed E-state index contributed by atoms with van der Waals surface area (Å²) < 4.78 is 45.5. The molecule has 2 saturated heterocycles. The molecule has 2 bridgehead atoms. The molecule has 3 saturated carbocycles. The first kappa shape index (κ1) is 27.1. The lowest BCUT2D eigenvalue weighted by atomic mass is 9.43. The Morgan fingerprint density at radius 1 is 1.26 bits per heavy atom. The molecule has 5 aliphatic rings. The molecule has 7 nitrogen and oxygen atoms in total. The van der Waals surface area contributed by atoms with Crippen molar-refractivity contribution in [3.8, 4) is 0 Å². The highest BCUT2D eigenvalue weighted by Crippen LogP contribution is 2.65. The Kier molecular flexibility index (Phi) is 7.33. The van der Waals surface area contributed by atoms with Gasteiger partial charge in [0.2, 0.25) is 0 Å². The van der Waals surface area contributed by atoms with Crippen molar-refractivity contribution in [2.75, 3.05) is 13.1 Å². The monoisotopic (exact) mass is 530 g/mol. The lowest BCUT2D eigenvalue weighted by molar-refractivity contribution is -0.199. The van der Waals surface area contributed by atoms with E-state index >= 15 is 0 Å². The molecule has 0 spiro atoms. The SMILES string of the molecule is C=C(F)C(=O)N1CCC[C@H](OC(=O)N[C@@H](CCc2ccc(F)cc2)B2O[C@@H]3C[C@@H]4C[C@@H](C4(C)C)[C@]3(C)O2)C1. The Balaban J connectivity index is 1.26. The second-order valence-corrected chi connectivity index (χ2v) is 12.1. The second-order valence-electron chi connectivity index (χ2n) is 12.1. The number of carbonyl (C=O) groups is 2. The maximum atomic E-state index is 13.4. The summed E-state index contributed by atoms with van der Waals surface area (Å²) in [5, 5.41) is 2.95. The molecule has 2 heterocycles. The van der Waals surface area contributed by atoms with Crippen LogP contribution in [0.5, 0.6) is 0 Å². The summed E-state index contributed by atoms with van der Waals surface area (Å²) >= 11 is 0. The van der Waals surface area contributed by atoms with Gasteiger partial charge in [0.15, 0.2) is 5.83 Å². The topological polar surface area (TPSA) is 77.1 Å². The van der Waals surface area contributed by atoms with Gasteiger partial charge in [-0.25, -0.2) is 13.6 Å². The van der Waals surface area contributed by atoms with Crippen LogP contribution in [0.2, 0.25) is 0 Å². The van der Waals surface area contributed by atoms with Gasteiger partial charge in [0.05, 0.1) is 24.2 Å². The average Bonchev–Trinajstić information content (AvgIpc) is 3.24. The number of piperidine rings is 1. The standard InChI is InChI=1S/C28H37BF2N2O5/c1-17(30)25(34)33-13-5-6-21(16-33)36-26(35)32-24(12-9-18-7-10-20(31)11-8-18)29-37-23-15-19-14-22(27(19,2)3)28(23,4)38-29/h7-8,10-11,19,21-24H,1,5-6,9,12-16H2,2-4H3,(H,32,35)/t19-,21-,22-,23+,24-,28-/m0/s1. The van der Waals surface area contributed by atoms with Crippen molar-refractivity contribution in [3.05, 3.63) is 48.1 Å². The number of nitrogens with one attached hydrogen (secondary N) is 1. The summed E-state index contributed by atoms with van der Waals surface area (Å²) in [4.78, 5) is 26.3. The number of ether oxygens (including phenoxy) is 1. The van der Waals surface area contributed by atoms with Crippen LogP contribution in [-0.4, -0.2) is 60.9 Å². The average molecular weight is 530 g/mol. The van der Waals surface area contributed by atoms with Gasteiger partial charge in [0.25, 0.3) is 5.91 Å². The molecule has 0 radical (unpaired) electrons. The van der Waals surface area contributed by atoms with Crippen molar-refractivity contribution < 1.29 is 32.4 Å². The number of carbonyl (C=O) groups excluding carboxylic acids is 2. The van der Waals surface area contributed by atoms with Crippen LogP contribution in [0.4, 0.5) is 13.6 Å². The van der Waals surface area contributed by atoms with E-state index < -0.39 is 42.6 Å². The second kappa shape index (κ2) is 10.3. The predicted octanol–water partition coefficient (Wildman–Crippen LogP) is 4.59. The van der Waals surface area contributed by atoms with Crippen LogP contribution in [0, 0.1) is 23.1 Å². The maximum Gasteiger partial charge on any atom is 0.481 e. The fraction of sp³-hybridized carbons (Fsp3) is 0.643. The molecule has 5 fully saturated rings. The molecule has 1 aromatic rings. The van der Waals surface area contributed by atoms with Crippen LogP contribution in [0.1, 0.15) is 58.4 Å². The van der Waals surface area contributed by atoms with Crippen molar-refractivity contribution in [1.29, 1.82) is 0 Å². The summed E-state index contributed by atoms with van der Waals surface area (Å²) in [5.41, 5.74) is 0.695. The van der Waals surface area contributed by atoms with E-state index in [-0.39, 0.29) is 23.9 Å². The van der Waals surface area contributed by atoms with E-state index in [9.17, 15) is 18.4 Å². The number of rotatable bonds is 7. The summed E-state index contributed by atoms with van der Waals surface area (Å²) in [6.45, 7) is 10.3. The van der Waals surface area contributed by atoms with Gasteiger partial charge in [0.1, 0.15) is 11.9 Å². The van der Waals surface area contributed by atoms with Crippen molar-refractivity contribution in [2.45, 2.75) is 83.0 Å². The number of nitrogens with zero attached hydrogens (tertiary/aromatic N) is 1. The van der Waals surface area contributed by atoms with Gasteiger partial charge in [0, 0.05) is 6.54 Å². The van der Waals surface area contributed by atoms with Crippen LogP contribution in [0.3, 0.4) is 0 Å². The maximum absolute atomic E-state index is 13.4. The van der Waals surface area contributed by atoms with Crippen molar-refractivity contribution in [2.24, 2.45) is 17.3 Å². The lowest BCUT2D eigenvalue weighted by Crippen LogP contribution is -2.65. The lowest BCUT2D eigenvalue weighted by Gasteiger charge is -2.64. The molecule has 0 unspecified atom stereocenters. The van der Waals surface area contributed by atoms with Crippen LogP contribution in [0.15, 0.2) is 36.7 Å². The van der Waals surface area contributed by atoms with Crippen LogP contribution in [0.25, 0.3) is 0 Å². The van der Waals surface area contributed by atoms with E-state index in [4.69, 9.17) is 14.0 Å². The van der Waals surface area contributed by atoms with Crippen LogP contribution >= 0.6 is 0 Å². The van der Waals surface area contributed by atoms with E-state index in [1.54, 1.807) is 12.1 Å². The molecule has 206 valence electrons. The number of hydrogen-bond acceptors (Lipinski definition) is 5. The van der Waals surface area contributed by atoms with Gasteiger partial charge in [-0.05, 0) is 80.4 Å². The molecule has 6 atom stereocenters. The highest BCUT2D eigenvalue weighted by Gasteiger charge is 2.68. The van der Waals surface area contributed by atoms with E-state index in [0.717, 1.165) is 18.4 Å². The minimum atomic E-state index is -1.03. The summed E-state index contributed by atoms with van der Waals surface area (Å²) in [6, 6.07) is 6.29. The van der Waals surface area contributed by atoms with Gasteiger partial charge >= 0.3 is 13.2 Å². The molecule has 3 aliphatic carbocycles. The highest BCUT2D eigenvalue weighted by atomic mass is 19.1. The molecule has 2 amide bonds. The number of amides is 2. The molecule has 1 aromatic carbocycles. The van der Waals surface area contributed by atoms with E-state index in [2.05, 4.69) is 32.7 Å². The third-order valence-electron chi connectivity index (χ3n) is 9.43. The van der Waals surface area contributed by atoms with Crippen LogP contribution < -0.4 is 5.32 Å². The minimum Gasteiger partial charge on any atom is -0.444 e. The van der Waals surface area contributed by atoms with E-state index in [1.807, 2.05) is 0 Å². The zero-order chi connectivity index (χ0) is 27.2. The van der Waals surface area contributed by atoms with Gasteiger partial charge < -0.3 is 24.3 Å². The Hall–Kier alpha value is -2.46.